The van der Waals surface area contributed by atoms with Gasteiger partial charge in [-0.3, -0.25) is 9.53 Å². The van der Waals surface area contributed by atoms with E-state index < -0.39 is 0 Å². The number of carbonyl (C=O) groups excluding carboxylic acids is 1. The SMILES string of the molecule is CC(C)CC(=O)c1cc[n+](COC[n+]2ccccc2C=NO)cc1.[I-].[I-]. The molecule has 8 heteroatoms. The Morgan fingerprint density at radius 3 is 2.46 bits per heavy atom. The highest BCUT2D eigenvalue weighted by molar-refractivity contribution is 5.95. The minimum absolute atomic E-state index is 0. The first-order valence-electron chi connectivity index (χ1n) is 7.86. The lowest BCUT2D eigenvalue weighted by molar-refractivity contribution is -0.788. The number of nitrogens with zero attached hydrogens (tertiary/aromatic N) is 3. The molecule has 0 aliphatic rings. The van der Waals surface area contributed by atoms with Crippen LogP contribution in [0.25, 0.3) is 0 Å². The molecular formula is C18H23I2N3O3. The summed E-state index contributed by atoms with van der Waals surface area (Å²) in [6, 6.07) is 9.18. The number of ketones is 1. The summed E-state index contributed by atoms with van der Waals surface area (Å²) in [5.74, 6) is 0.513. The van der Waals surface area contributed by atoms with Crippen molar-refractivity contribution >= 4 is 12.0 Å². The van der Waals surface area contributed by atoms with Crippen LogP contribution in [0.2, 0.25) is 0 Å². The lowest BCUT2D eigenvalue weighted by Gasteiger charge is -2.03. The van der Waals surface area contributed by atoms with Crippen molar-refractivity contribution in [1.82, 2.24) is 0 Å². The van der Waals surface area contributed by atoms with Crippen LogP contribution < -0.4 is 57.1 Å². The first-order chi connectivity index (χ1) is 11.6. The normalized spacial score (nSPS) is 10.4. The van der Waals surface area contributed by atoms with Gasteiger partial charge in [0.15, 0.2) is 24.4 Å². The van der Waals surface area contributed by atoms with Crippen molar-refractivity contribution in [3.05, 3.63) is 60.2 Å². The lowest BCUT2D eigenvalue weighted by atomic mass is 10.0. The molecule has 0 saturated heterocycles. The average Bonchev–Trinajstić information content (AvgIpc) is 2.56. The number of hydrogen-bond acceptors (Lipinski definition) is 4. The number of halogens is 2. The van der Waals surface area contributed by atoms with E-state index in [0.29, 0.717) is 25.8 Å². The van der Waals surface area contributed by atoms with Gasteiger partial charge in [0.2, 0.25) is 5.69 Å². The van der Waals surface area contributed by atoms with Crippen LogP contribution in [-0.2, 0) is 18.2 Å². The van der Waals surface area contributed by atoms with Crippen LogP contribution >= 0.6 is 0 Å². The van der Waals surface area contributed by atoms with Gasteiger partial charge in [0.05, 0.1) is 0 Å². The van der Waals surface area contributed by atoms with E-state index in [1.54, 1.807) is 0 Å². The maximum absolute atomic E-state index is 12.0. The van der Waals surface area contributed by atoms with Gasteiger partial charge in [-0.1, -0.05) is 19.0 Å². The van der Waals surface area contributed by atoms with Crippen LogP contribution in [0.5, 0.6) is 0 Å². The highest BCUT2D eigenvalue weighted by atomic mass is 127. The number of aromatic nitrogens is 2. The van der Waals surface area contributed by atoms with Crippen molar-refractivity contribution in [2.45, 2.75) is 33.7 Å². The second kappa shape index (κ2) is 13.1. The third-order valence-electron chi connectivity index (χ3n) is 3.44. The summed E-state index contributed by atoms with van der Waals surface area (Å²) < 4.78 is 9.33. The van der Waals surface area contributed by atoms with Crippen LogP contribution in [0.1, 0.15) is 36.3 Å². The summed E-state index contributed by atoms with van der Waals surface area (Å²) in [6.07, 6.45) is 7.42. The van der Waals surface area contributed by atoms with E-state index in [1.807, 2.05) is 71.9 Å². The molecule has 142 valence electrons. The Balaban J connectivity index is 0.00000312. The molecule has 0 fully saturated rings. The van der Waals surface area contributed by atoms with E-state index in [0.717, 1.165) is 11.3 Å². The molecule has 0 radical (unpaired) electrons. The van der Waals surface area contributed by atoms with Gasteiger partial charge in [0, 0.05) is 36.2 Å². The van der Waals surface area contributed by atoms with Crippen LogP contribution in [0.3, 0.4) is 0 Å². The minimum Gasteiger partial charge on any atom is -1.00 e. The second-order valence-electron chi connectivity index (χ2n) is 5.92. The highest BCUT2D eigenvalue weighted by Gasteiger charge is 2.12. The maximum Gasteiger partial charge on any atom is 0.258 e. The van der Waals surface area contributed by atoms with E-state index in [4.69, 9.17) is 9.94 Å². The zero-order chi connectivity index (χ0) is 17.4. The van der Waals surface area contributed by atoms with Crippen molar-refractivity contribution in [2.24, 2.45) is 11.1 Å². The zero-order valence-electron chi connectivity index (χ0n) is 14.8. The molecule has 6 nitrogen and oxygen atoms in total. The van der Waals surface area contributed by atoms with Crippen LogP contribution in [0.4, 0.5) is 0 Å². The van der Waals surface area contributed by atoms with Crippen molar-refractivity contribution < 1.29 is 71.8 Å². The summed E-state index contributed by atoms with van der Waals surface area (Å²) in [5, 5.41) is 11.7. The number of hydrogen-bond donors (Lipinski definition) is 1. The molecule has 0 aliphatic carbocycles. The minimum atomic E-state index is 0. The molecular weight excluding hydrogens is 560 g/mol. The standard InChI is InChI=1S/C18H22N3O3.2HI/c1-15(2)11-18(22)16-6-9-20(10-7-16)13-24-14-21-8-4-3-5-17(21)12-19-23;;/h3-10,12,15H,11,13-14H2,1-2H3;2*1H/q+1;;/p-1. The van der Waals surface area contributed by atoms with Gasteiger partial charge in [-0.15, -0.1) is 0 Å². The van der Waals surface area contributed by atoms with Gasteiger partial charge in [-0.25, -0.2) is 0 Å². The van der Waals surface area contributed by atoms with Gasteiger partial charge in [0.25, 0.3) is 13.5 Å². The van der Waals surface area contributed by atoms with E-state index in [1.165, 1.54) is 6.21 Å². The molecule has 26 heavy (non-hydrogen) atoms. The van der Waals surface area contributed by atoms with Crippen LogP contribution in [0.15, 0.2) is 54.1 Å². The van der Waals surface area contributed by atoms with E-state index >= 15 is 0 Å². The Kier molecular flexibility index (Phi) is 12.5. The average molecular weight is 583 g/mol. The fourth-order valence-electron chi connectivity index (χ4n) is 2.25. The van der Waals surface area contributed by atoms with Crippen molar-refractivity contribution in [3.8, 4) is 0 Å². The summed E-state index contributed by atoms with van der Waals surface area (Å²) in [5.41, 5.74) is 1.46. The Morgan fingerprint density at radius 2 is 1.85 bits per heavy atom. The fourth-order valence-corrected chi connectivity index (χ4v) is 2.25. The topological polar surface area (TPSA) is 66.7 Å². The molecule has 2 aromatic heterocycles. The molecule has 2 rings (SSSR count). The third kappa shape index (κ3) is 8.04. The quantitative estimate of drug-likeness (QED) is 0.0861. The van der Waals surface area contributed by atoms with E-state index in [-0.39, 0.29) is 53.7 Å². The Morgan fingerprint density at radius 1 is 1.15 bits per heavy atom. The number of rotatable bonds is 8. The van der Waals surface area contributed by atoms with Gasteiger partial charge < -0.3 is 53.2 Å². The van der Waals surface area contributed by atoms with Crippen LogP contribution in [-0.4, -0.2) is 17.2 Å². The first-order valence-corrected chi connectivity index (χ1v) is 7.86. The maximum atomic E-state index is 12.0. The highest BCUT2D eigenvalue weighted by Crippen LogP contribution is 2.07. The summed E-state index contributed by atoms with van der Waals surface area (Å²) in [7, 11) is 0. The van der Waals surface area contributed by atoms with Gasteiger partial charge in [-0.2, -0.15) is 9.13 Å². The first kappa shape index (κ1) is 24.9. The molecule has 0 bridgehead atoms. The molecule has 0 aliphatic heterocycles. The van der Waals surface area contributed by atoms with Crippen molar-refractivity contribution in [2.75, 3.05) is 0 Å². The number of ether oxygens (including phenoxy) is 1. The monoisotopic (exact) mass is 583 g/mol. The Hall–Kier alpha value is -1.14. The Bertz CT molecular complexity index is 707. The summed E-state index contributed by atoms with van der Waals surface area (Å²) in [4.78, 5) is 12.0. The molecule has 2 heterocycles. The van der Waals surface area contributed by atoms with Gasteiger partial charge in [-0.05, 0) is 12.0 Å². The predicted octanol–water partition coefficient (Wildman–Crippen LogP) is -4.06. The molecule has 0 saturated carbocycles. The zero-order valence-corrected chi connectivity index (χ0v) is 19.1. The number of pyridine rings is 2. The fraction of sp³-hybridized carbons (Fsp3) is 0.333. The number of Topliss-reactive ketones (excluding diaryl/α,β-unsaturated/α-hetero) is 1. The van der Waals surface area contributed by atoms with Gasteiger partial charge >= 0.3 is 0 Å². The molecule has 2 aromatic rings. The second-order valence-corrected chi connectivity index (χ2v) is 5.92. The van der Waals surface area contributed by atoms with E-state index in [9.17, 15) is 4.79 Å². The molecule has 0 amide bonds. The van der Waals surface area contributed by atoms with Gasteiger partial charge in [0.1, 0.15) is 6.21 Å². The molecule has 0 aromatic carbocycles. The summed E-state index contributed by atoms with van der Waals surface area (Å²) >= 11 is 0. The molecule has 0 atom stereocenters. The smallest absolute Gasteiger partial charge is 0.258 e. The molecule has 1 N–H and O–H groups in total. The predicted molar refractivity (Wildman–Crippen MR) is 87.5 cm³/mol. The van der Waals surface area contributed by atoms with Crippen LogP contribution in [0, 0.1) is 5.92 Å². The Labute approximate surface area is 187 Å². The number of oxime groups is 1. The molecule has 0 spiro atoms. The largest absolute Gasteiger partial charge is 1.00 e. The van der Waals surface area contributed by atoms with E-state index in [2.05, 4.69) is 5.16 Å². The third-order valence-corrected chi connectivity index (χ3v) is 3.44. The van der Waals surface area contributed by atoms with Crippen molar-refractivity contribution in [1.29, 1.82) is 0 Å². The lowest BCUT2D eigenvalue weighted by Crippen LogP contribution is -3.00. The summed E-state index contributed by atoms with van der Waals surface area (Å²) in [6.45, 7) is 4.75. The number of carbonyl (C=O) groups is 1. The molecule has 0 unspecified atom stereocenters. The van der Waals surface area contributed by atoms with Crippen molar-refractivity contribution in [3.63, 3.8) is 0 Å².